The molecule has 2 aromatic carbocycles. The van der Waals surface area contributed by atoms with E-state index >= 15 is 0 Å². The number of ether oxygens (including phenoxy) is 5. The summed E-state index contributed by atoms with van der Waals surface area (Å²) in [6, 6.07) is 15.7. The average Bonchev–Trinajstić information content (AvgIpc) is 3.98. The highest BCUT2D eigenvalue weighted by atomic mass is 16.5. The van der Waals surface area contributed by atoms with Crippen LogP contribution in [0.1, 0.15) is 25.3 Å². The number of fused-ring (bicyclic) bond motifs is 6. The van der Waals surface area contributed by atoms with Crippen LogP contribution in [0.4, 0.5) is 0 Å². The lowest BCUT2D eigenvalue weighted by Gasteiger charge is -2.29. The smallest absolute Gasteiger partial charge is 0.348 e. The molecule has 0 amide bonds. The van der Waals surface area contributed by atoms with Gasteiger partial charge in [0.15, 0.2) is 0 Å². The third-order valence-electron chi connectivity index (χ3n) is 13.6. The van der Waals surface area contributed by atoms with Crippen LogP contribution in [0.3, 0.4) is 0 Å². The van der Waals surface area contributed by atoms with Crippen molar-refractivity contribution in [1.82, 2.24) is 48.2 Å². The average molecular weight is 967 g/mol. The molecule has 1 saturated carbocycles. The fourth-order valence-corrected chi connectivity index (χ4v) is 9.95. The predicted molar refractivity (Wildman–Crippen MR) is 276 cm³/mol. The van der Waals surface area contributed by atoms with Crippen molar-refractivity contribution in [2.75, 3.05) is 119 Å². The summed E-state index contributed by atoms with van der Waals surface area (Å²) in [6.07, 6.45) is 9.75. The van der Waals surface area contributed by atoms with Crippen molar-refractivity contribution in [2.24, 2.45) is 13.0 Å². The lowest BCUT2D eigenvalue weighted by Crippen LogP contribution is -2.48. The topological polar surface area (TPSA) is 165 Å². The highest BCUT2D eigenvalue weighted by Crippen LogP contribution is 2.45. The van der Waals surface area contributed by atoms with E-state index in [4.69, 9.17) is 28.7 Å². The van der Waals surface area contributed by atoms with E-state index in [0.29, 0.717) is 68.7 Å². The summed E-state index contributed by atoms with van der Waals surface area (Å²) in [5, 5.41) is 5.57. The molecule has 372 valence electrons. The quantitative estimate of drug-likeness (QED) is 0.0977. The van der Waals surface area contributed by atoms with E-state index in [0.717, 1.165) is 105 Å². The van der Waals surface area contributed by atoms with Gasteiger partial charge < -0.3 is 43.5 Å². The first-order valence-electron chi connectivity index (χ1n) is 24.2. The lowest BCUT2D eigenvalue weighted by atomic mass is 10.0. The van der Waals surface area contributed by atoms with Crippen LogP contribution in [0.15, 0.2) is 82.9 Å². The Morgan fingerprint density at radius 2 is 1.27 bits per heavy atom. The van der Waals surface area contributed by atoms with Gasteiger partial charge in [-0.25, -0.2) is 28.9 Å². The standard InChI is InChI=1S/C52H62N12O7/c1-57(2)15-9-19-70-47-13-11-34(29-55-47)37-25-39-41(27-46(37)68-8)54-31-44-50(39)64(61-17-21-69-22-18-61)52(66)62(44)42-23-35(42)32-59(5)16-10-20-71-48-14-12-33(28-56-48)36-24-38-40(26-45(36)67-7)53-30-43-49(38)63(58(3)4)51(65)60(43)6/h11-14,24-31,35,42H,9-10,15-23,32H2,1-8H3. The van der Waals surface area contributed by atoms with Gasteiger partial charge in [-0.2, -0.15) is 0 Å². The normalized spacial score (nSPS) is 16.0. The number of aromatic nitrogens is 8. The molecule has 71 heavy (non-hydrogen) atoms. The van der Waals surface area contributed by atoms with Gasteiger partial charge in [-0.05, 0) is 70.6 Å². The molecule has 7 heterocycles. The molecule has 0 N–H and O–H groups in total. The first-order valence-corrected chi connectivity index (χ1v) is 24.2. The summed E-state index contributed by atoms with van der Waals surface area (Å²) in [6.45, 7) is 5.94. The van der Waals surface area contributed by atoms with Gasteiger partial charge in [0.2, 0.25) is 11.8 Å². The van der Waals surface area contributed by atoms with Crippen molar-refractivity contribution >= 4 is 43.9 Å². The van der Waals surface area contributed by atoms with Crippen LogP contribution < -0.4 is 40.3 Å². The molecule has 10 rings (SSSR count). The Bertz CT molecular complexity index is 3340. The molecule has 2 fully saturated rings. The Morgan fingerprint density at radius 3 is 1.82 bits per heavy atom. The van der Waals surface area contributed by atoms with Crippen LogP contribution in [-0.2, 0) is 11.8 Å². The van der Waals surface area contributed by atoms with Crippen molar-refractivity contribution in [3.8, 4) is 45.5 Å². The zero-order valence-electron chi connectivity index (χ0n) is 41.8. The van der Waals surface area contributed by atoms with E-state index in [1.54, 1.807) is 47.9 Å². The van der Waals surface area contributed by atoms with Crippen molar-refractivity contribution < 1.29 is 23.7 Å². The van der Waals surface area contributed by atoms with Gasteiger partial charge in [0.1, 0.15) is 22.5 Å². The Kier molecular flexibility index (Phi) is 13.3. The molecule has 2 unspecified atom stereocenters. The van der Waals surface area contributed by atoms with Crippen molar-refractivity contribution in [3.05, 3.63) is 94.3 Å². The predicted octanol–water partition coefficient (Wildman–Crippen LogP) is 5.15. The van der Waals surface area contributed by atoms with Gasteiger partial charge >= 0.3 is 11.4 Å². The van der Waals surface area contributed by atoms with Crippen LogP contribution in [0.5, 0.6) is 23.3 Å². The first-order chi connectivity index (χ1) is 34.4. The summed E-state index contributed by atoms with van der Waals surface area (Å²) in [5.41, 5.74) is 7.79. The second-order valence-electron chi connectivity index (χ2n) is 19.0. The van der Waals surface area contributed by atoms with Gasteiger partial charge in [-0.15, -0.1) is 0 Å². The molecule has 2 aliphatic rings. The maximum atomic E-state index is 14.7. The number of benzene rings is 2. The lowest BCUT2D eigenvalue weighted by molar-refractivity contribution is 0.111. The number of methoxy groups -OCH3 is 2. The SMILES string of the molecule is COc1cc2ncc3c(c2cc1-c1ccc(OCCCN(C)CC2CC2n2c(=O)n(N4CCOCC4)c4c5cc(-c6ccc(OCCCN(C)C)nc6)c(OC)cc5ncc42)nc1)n(N(C)C)c(=O)n3C. The van der Waals surface area contributed by atoms with Crippen LogP contribution >= 0.6 is 0 Å². The maximum absolute atomic E-state index is 14.7. The zero-order chi connectivity index (χ0) is 49.5. The number of imidazole rings is 2. The highest BCUT2D eigenvalue weighted by molar-refractivity contribution is 6.06. The van der Waals surface area contributed by atoms with Gasteiger partial charge in [-0.3, -0.25) is 19.1 Å². The van der Waals surface area contributed by atoms with E-state index in [1.165, 1.54) is 0 Å². The Hall–Kier alpha value is -7.22. The molecule has 6 aromatic heterocycles. The second kappa shape index (κ2) is 19.9. The second-order valence-corrected chi connectivity index (χ2v) is 19.0. The molecular weight excluding hydrogens is 905 g/mol. The number of pyridine rings is 4. The minimum atomic E-state index is -0.151. The van der Waals surface area contributed by atoms with E-state index in [2.05, 4.69) is 42.9 Å². The van der Waals surface area contributed by atoms with E-state index in [9.17, 15) is 9.59 Å². The third-order valence-corrected chi connectivity index (χ3v) is 13.6. The maximum Gasteiger partial charge on any atom is 0.348 e. The highest BCUT2D eigenvalue weighted by Gasteiger charge is 2.42. The van der Waals surface area contributed by atoms with Crippen molar-refractivity contribution in [2.45, 2.75) is 25.3 Å². The monoisotopic (exact) mass is 966 g/mol. The first kappa shape index (κ1) is 47.5. The van der Waals surface area contributed by atoms with Gasteiger partial charge in [0.25, 0.3) is 0 Å². The number of hydrogen-bond acceptors (Lipinski definition) is 15. The molecule has 19 heteroatoms. The summed E-state index contributed by atoms with van der Waals surface area (Å²) in [7, 11) is 14.9. The molecule has 2 atom stereocenters. The molecule has 0 spiro atoms. The van der Waals surface area contributed by atoms with Crippen molar-refractivity contribution in [1.29, 1.82) is 0 Å². The van der Waals surface area contributed by atoms with E-state index in [1.807, 2.05) is 92.3 Å². The molecule has 0 radical (unpaired) electrons. The van der Waals surface area contributed by atoms with E-state index in [-0.39, 0.29) is 17.4 Å². The Labute approximate surface area is 411 Å². The van der Waals surface area contributed by atoms with Crippen LogP contribution in [-0.4, -0.2) is 157 Å². The number of rotatable bonds is 19. The van der Waals surface area contributed by atoms with Gasteiger partial charge in [-0.1, -0.05) is 0 Å². The summed E-state index contributed by atoms with van der Waals surface area (Å²) in [5.74, 6) is 2.71. The van der Waals surface area contributed by atoms with Gasteiger partial charge in [0.05, 0.1) is 88.2 Å². The minimum Gasteiger partial charge on any atom is -0.496 e. The van der Waals surface area contributed by atoms with Crippen LogP contribution in [0.2, 0.25) is 0 Å². The largest absolute Gasteiger partial charge is 0.496 e. The number of morpholine rings is 1. The Morgan fingerprint density at radius 1 is 0.690 bits per heavy atom. The molecular formula is C52H62N12O7. The number of hydrogen-bond donors (Lipinski definition) is 0. The van der Waals surface area contributed by atoms with Gasteiger partial charge in [0, 0.05) is 117 Å². The molecule has 0 bridgehead atoms. The summed E-state index contributed by atoms with van der Waals surface area (Å²) >= 11 is 0. The molecule has 1 saturated heterocycles. The van der Waals surface area contributed by atoms with Crippen LogP contribution in [0, 0.1) is 5.92 Å². The molecule has 8 aromatic rings. The molecule has 1 aliphatic carbocycles. The third kappa shape index (κ3) is 9.20. The van der Waals surface area contributed by atoms with Crippen molar-refractivity contribution in [3.63, 3.8) is 0 Å². The fraction of sp³-hybridized carbons (Fsp3) is 0.423. The minimum absolute atomic E-state index is 0.0364. The fourth-order valence-electron chi connectivity index (χ4n) is 9.95. The van der Waals surface area contributed by atoms with Crippen LogP contribution in [0.25, 0.3) is 66.1 Å². The Balaban J connectivity index is 0.820. The van der Waals surface area contributed by atoms with E-state index < -0.39 is 0 Å². The summed E-state index contributed by atoms with van der Waals surface area (Å²) in [4.78, 5) is 51.2. The number of nitrogens with zero attached hydrogens (tertiary/aromatic N) is 12. The summed E-state index contributed by atoms with van der Waals surface area (Å²) < 4.78 is 36.6. The zero-order valence-corrected chi connectivity index (χ0v) is 41.8. The molecule has 1 aliphatic heterocycles. The number of aryl methyl sites for hydroxylation is 1. The molecule has 19 nitrogen and oxygen atoms in total.